The van der Waals surface area contributed by atoms with E-state index in [4.69, 9.17) is 17.3 Å². The number of carbonyl (C=O) groups is 3. The molecule has 2 aromatic carbocycles. The van der Waals surface area contributed by atoms with Gasteiger partial charge in [-0.15, -0.1) is 0 Å². The molecule has 3 aliphatic rings. The number of hydrogen-bond donors (Lipinski definition) is 1. The molecule has 1 aliphatic carbocycles. The van der Waals surface area contributed by atoms with Crippen LogP contribution < -0.4 is 5.73 Å². The van der Waals surface area contributed by atoms with Crippen LogP contribution in [0.15, 0.2) is 47.5 Å². The first-order valence-electron chi connectivity index (χ1n) is 12.6. The topological polar surface area (TPSA) is 102 Å². The fraction of sp³-hybridized carbons (Fsp3) is 0.333. The molecule has 2 N–H and O–H groups in total. The monoisotopic (exact) mass is 589 g/mol. The summed E-state index contributed by atoms with van der Waals surface area (Å²) in [5.74, 6) is -0.811. The van der Waals surface area contributed by atoms with Gasteiger partial charge in [0, 0.05) is 15.9 Å². The minimum absolute atomic E-state index is 0.00135. The van der Waals surface area contributed by atoms with Gasteiger partial charge in [-0.05, 0) is 79.0 Å². The lowest BCUT2D eigenvalue weighted by Crippen LogP contribution is -2.45. The van der Waals surface area contributed by atoms with Crippen molar-refractivity contribution >= 4 is 57.4 Å². The Hall–Kier alpha value is -3.35. The maximum Gasteiger partial charge on any atom is 0.416 e. The molecule has 1 unspecified atom stereocenters. The van der Waals surface area contributed by atoms with Gasteiger partial charge in [-0.3, -0.25) is 28.9 Å². The van der Waals surface area contributed by atoms with Crippen LogP contribution >= 0.6 is 23.4 Å². The quantitative estimate of drug-likeness (QED) is 0.411. The molecule has 3 fully saturated rings. The molecule has 13 heteroatoms. The molecule has 2 atom stereocenters. The average Bonchev–Trinajstić information content (AvgIpc) is 3.10. The third kappa shape index (κ3) is 4.67. The van der Waals surface area contributed by atoms with Crippen molar-refractivity contribution < 1.29 is 27.6 Å². The molecule has 0 bridgehead atoms. The summed E-state index contributed by atoms with van der Waals surface area (Å²) in [6.45, 7) is 0.699. The van der Waals surface area contributed by atoms with E-state index in [0.717, 1.165) is 30.7 Å². The molecule has 3 aromatic rings. The number of imide groups is 1. The maximum atomic E-state index is 13.5. The van der Waals surface area contributed by atoms with Gasteiger partial charge in [0.25, 0.3) is 11.1 Å². The summed E-state index contributed by atoms with van der Waals surface area (Å²) in [4.78, 5) is 41.2. The predicted molar refractivity (Wildman–Crippen MR) is 144 cm³/mol. The van der Waals surface area contributed by atoms with Gasteiger partial charge in [-0.25, -0.2) is 0 Å². The van der Waals surface area contributed by atoms with Crippen molar-refractivity contribution in [2.24, 2.45) is 5.73 Å². The Balaban J connectivity index is 1.22. The van der Waals surface area contributed by atoms with Crippen molar-refractivity contribution in [2.75, 3.05) is 13.1 Å². The van der Waals surface area contributed by atoms with Gasteiger partial charge in [0.2, 0.25) is 5.91 Å². The first-order chi connectivity index (χ1) is 19.0. The molecule has 1 saturated carbocycles. The van der Waals surface area contributed by atoms with E-state index >= 15 is 0 Å². The molecule has 1 spiro atoms. The minimum atomic E-state index is -4.56. The highest BCUT2D eigenvalue weighted by atomic mass is 35.5. The van der Waals surface area contributed by atoms with Crippen LogP contribution in [-0.4, -0.2) is 61.3 Å². The number of fused-ring (bicyclic) bond motifs is 1. The summed E-state index contributed by atoms with van der Waals surface area (Å²) in [5, 5.41) is 4.60. The van der Waals surface area contributed by atoms with Gasteiger partial charge in [0.05, 0.1) is 41.3 Å². The zero-order chi connectivity index (χ0) is 28.4. The molecule has 1 aromatic heterocycles. The van der Waals surface area contributed by atoms with Crippen molar-refractivity contribution in [3.63, 3.8) is 0 Å². The van der Waals surface area contributed by atoms with Crippen LogP contribution in [0.1, 0.15) is 36.0 Å². The van der Waals surface area contributed by atoms with E-state index in [-0.39, 0.29) is 51.3 Å². The summed E-state index contributed by atoms with van der Waals surface area (Å²) in [5.41, 5.74) is 5.51. The predicted octanol–water partition coefficient (Wildman–Crippen LogP) is 4.89. The highest BCUT2D eigenvalue weighted by Crippen LogP contribution is 2.55. The lowest BCUT2D eigenvalue weighted by Gasteiger charge is -2.26. The molecule has 2 aliphatic heterocycles. The Bertz CT molecular complexity index is 1610. The zero-order valence-corrected chi connectivity index (χ0v) is 22.5. The van der Waals surface area contributed by atoms with E-state index < -0.39 is 17.6 Å². The van der Waals surface area contributed by atoms with Crippen molar-refractivity contribution in [3.8, 4) is 0 Å². The van der Waals surface area contributed by atoms with E-state index in [1.54, 1.807) is 30.5 Å². The van der Waals surface area contributed by atoms with Gasteiger partial charge in [-0.2, -0.15) is 18.3 Å². The first-order valence-corrected chi connectivity index (χ1v) is 13.8. The Kier molecular flexibility index (Phi) is 6.47. The Morgan fingerprint density at radius 1 is 1.23 bits per heavy atom. The van der Waals surface area contributed by atoms with E-state index in [2.05, 4.69) is 5.10 Å². The number of likely N-dealkylation sites (tertiary alicyclic amines) is 1. The number of hydrogen-bond acceptors (Lipinski definition) is 6. The first kappa shape index (κ1) is 26.9. The van der Waals surface area contributed by atoms with E-state index in [1.165, 1.54) is 21.7 Å². The third-order valence-electron chi connectivity index (χ3n) is 7.82. The number of nitrogens with two attached hydrogens (primary N) is 1. The number of halogens is 4. The van der Waals surface area contributed by atoms with Crippen LogP contribution in [0.25, 0.3) is 17.0 Å². The van der Waals surface area contributed by atoms with Crippen LogP contribution in [0.2, 0.25) is 5.02 Å². The van der Waals surface area contributed by atoms with Gasteiger partial charge < -0.3 is 5.73 Å². The number of aromatic nitrogens is 2. The lowest BCUT2D eigenvalue weighted by molar-refractivity contribution is -0.138. The van der Waals surface area contributed by atoms with Gasteiger partial charge in [-0.1, -0.05) is 23.7 Å². The second kappa shape index (κ2) is 9.64. The normalized spacial score (nSPS) is 24.2. The van der Waals surface area contributed by atoms with Crippen LogP contribution in [-0.2, 0) is 22.3 Å². The molecule has 6 rings (SSSR count). The van der Waals surface area contributed by atoms with Crippen LogP contribution in [0, 0.1) is 0 Å². The standard InChI is InChI=1S/C27H23ClF3N5O3S/c28-18-4-3-16(19(10-18)27(29,30)31)13-35-20-5-2-15(8-17(20)12-33-35)9-21-24(38)36(25(39)40-21)22-11-26(22)6-1-7-34(26)14-23(32)37/h2-5,8-10,12,22H,1,6-7,11,13-14H2,(H2,32,37)/b21-9-/t22-,26?/m0/s1. The fourth-order valence-corrected chi connectivity index (χ4v) is 6.98. The summed E-state index contributed by atoms with van der Waals surface area (Å²) in [7, 11) is 0. The SMILES string of the molecule is NC(=O)CN1CCCC12C[C@@H]2N1C(=O)S/C(=C\c2ccc3c(cnn3Cc3ccc(Cl)cc3C(F)(F)F)c2)C1=O. The summed E-state index contributed by atoms with van der Waals surface area (Å²) in [6.07, 6.45) is 0.917. The molecule has 3 amide bonds. The highest BCUT2D eigenvalue weighted by molar-refractivity contribution is 8.18. The molecular formula is C27H23ClF3N5O3S. The minimum Gasteiger partial charge on any atom is -0.369 e. The van der Waals surface area contributed by atoms with E-state index in [0.29, 0.717) is 29.4 Å². The fourth-order valence-electron chi connectivity index (χ4n) is 5.93. The highest BCUT2D eigenvalue weighted by Gasteiger charge is 2.65. The van der Waals surface area contributed by atoms with Gasteiger partial charge in [0.1, 0.15) is 0 Å². The smallest absolute Gasteiger partial charge is 0.369 e. The molecule has 0 radical (unpaired) electrons. The number of benzene rings is 2. The number of alkyl halides is 3. The largest absolute Gasteiger partial charge is 0.416 e. The molecule has 8 nitrogen and oxygen atoms in total. The van der Waals surface area contributed by atoms with Crippen LogP contribution in [0.3, 0.4) is 0 Å². The molecule has 2 saturated heterocycles. The second-order valence-corrected chi connectivity index (χ2v) is 11.7. The third-order valence-corrected chi connectivity index (χ3v) is 8.94. The number of amides is 3. The summed E-state index contributed by atoms with van der Waals surface area (Å²) in [6, 6.07) is 8.58. The molecule has 208 valence electrons. The molecule has 3 heterocycles. The molecular weight excluding hydrogens is 567 g/mol. The van der Waals surface area contributed by atoms with Crippen molar-refractivity contribution in [3.05, 3.63) is 69.2 Å². The number of primary amides is 1. The Labute approximate surface area is 235 Å². The summed E-state index contributed by atoms with van der Waals surface area (Å²) < 4.78 is 42.1. The van der Waals surface area contributed by atoms with Gasteiger partial charge in [0.15, 0.2) is 0 Å². The summed E-state index contributed by atoms with van der Waals surface area (Å²) >= 11 is 6.67. The van der Waals surface area contributed by atoms with Crippen LogP contribution in [0.4, 0.5) is 18.0 Å². The second-order valence-electron chi connectivity index (χ2n) is 10.3. The lowest BCUT2D eigenvalue weighted by atomic mass is 10.1. The van der Waals surface area contributed by atoms with E-state index in [9.17, 15) is 27.6 Å². The van der Waals surface area contributed by atoms with Crippen LogP contribution in [0.5, 0.6) is 0 Å². The Morgan fingerprint density at radius 3 is 2.77 bits per heavy atom. The van der Waals surface area contributed by atoms with Crippen molar-refractivity contribution in [2.45, 2.75) is 43.6 Å². The van der Waals surface area contributed by atoms with Crippen molar-refractivity contribution in [1.82, 2.24) is 19.6 Å². The number of nitrogens with zero attached hydrogens (tertiary/aromatic N) is 4. The van der Waals surface area contributed by atoms with E-state index in [1.807, 2.05) is 4.90 Å². The maximum absolute atomic E-state index is 13.5. The number of carbonyl (C=O) groups excluding carboxylic acids is 3. The number of rotatable bonds is 6. The zero-order valence-electron chi connectivity index (χ0n) is 20.9. The van der Waals surface area contributed by atoms with Crippen molar-refractivity contribution in [1.29, 1.82) is 0 Å². The van der Waals surface area contributed by atoms with Gasteiger partial charge >= 0.3 is 6.18 Å². The number of thioether (sulfide) groups is 1. The average molecular weight is 590 g/mol. The Morgan fingerprint density at radius 2 is 2.02 bits per heavy atom. The molecule has 40 heavy (non-hydrogen) atoms.